The molecule has 12 heteroatoms. The molecule has 1 heterocycles. The predicted molar refractivity (Wildman–Crippen MR) is 96.5 cm³/mol. The van der Waals surface area contributed by atoms with Crippen molar-refractivity contribution in [1.82, 2.24) is 3.53 Å². The molecule has 1 atom stereocenters. The maximum atomic E-state index is 14.8. The van der Waals surface area contributed by atoms with Crippen molar-refractivity contribution in [1.29, 1.82) is 0 Å². The molecule has 0 amide bonds. The van der Waals surface area contributed by atoms with E-state index in [1.807, 2.05) is 0 Å². The van der Waals surface area contributed by atoms with Gasteiger partial charge in [0.05, 0.1) is 0 Å². The quantitative estimate of drug-likeness (QED) is 0.261. The Morgan fingerprint density at radius 2 is 2.18 bits per heavy atom. The molecule has 1 aromatic carbocycles. The first-order valence-electron chi connectivity index (χ1n) is 7.92. The summed E-state index contributed by atoms with van der Waals surface area (Å²) in [6, 6.07) is 2.17. The number of carbonyl (C=O) groups is 1. The van der Waals surface area contributed by atoms with E-state index >= 15 is 0 Å². The number of dihydropyridines is 1. The van der Waals surface area contributed by atoms with Crippen molar-refractivity contribution in [2.45, 2.75) is 19.4 Å². The molecule has 0 saturated carbocycles. The summed E-state index contributed by atoms with van der Waals surface area (Å²) in [6.07, 6.45) is 2.57. The van der Waals surface area contributed by atoms with Crippen molar-refractivity contribution in [2.24, 2.45) is 4.99 Å². The fourth-order valence-corrected chi connectivity index (χ4v) is 4.64. The zero-order valence-corrected chi connectivity index (χ0v) is 18.9. The number of rotatable bonds is 8. The fraction of sp³-hybridized carbons (Fsp3) is 0.375. The van der Waals surface area contributed by atoms with Gasteiger partial charge in [0.15, 0.2) is 0 Å². The summed E-state index contributed by atoms with van der Waals surface area (Å²) in [6.45, 7) is 1.79. The number of benzene rings is 1. The Hall–Kier alpha value is -1.44. The van der Waals surface area contributed by atoms with Gasteiger partial charge in [0, 0.05) is 0 Å². The number of nitrogens with zero attached hydrogens (tertiary/aromatic N) is 1. The summed E-state index contributed by atoms with van der Waals surface area (Å²) < 4.78 is 54.6. The number of hydrogen-bond acceptors (Lipinski definition) is 8. The standard InChI is InChI=1S/C16H18ClFIN2O6S/c1-4-26-16(22)13-8-9(21-19-27-28(3,23)24)7-12(20-13)10-5-6-11(17)15(25-2)14(10)18/h5-6,8,12,21H,4,7H2,1-3H3/q-1. The van der Waals surface area contributed by atoms with E-state index in [2.05, 4.69) is 8.52 Å². The third-order valence-corrected chi connectivity index (χ3v) is 7.45. The predicted octanol–water partition coefficient (Wildman–Crippen LogP) is -0.695. The van der Waals surface area contributed by atoms with Crippen LogP contribution < -0.4 is 30.2 Å². The number of nitrogens with one attached hydrogen (secondary N) is 1. The third kappa shape index (κ3) is 6.03. The van der Waals surface area contributed by atoms with E-state index in [1.165, 1.54) is 25.3 Å². The zero-order valence-electron chi connectivity index (χ0n) is 15.2. The maximum absolute atomic E-state index is 14.8. The molecule has 28 heavy (non-hydrogen) atoms. The monoisotopic (exact) mass is 547 g/mol. The summed E-state index contributed by atoms with van der Waals surface area (Å²) in [5.74, 6) is -1.48. The number of ether oxygens (including phenoxy) is 2. The van der Waals surface area contributed by atoms with Gasteiger partial charge in [-0.15, -0.1) is 0 Å². The van der Waals surface area contributed by atoms with Crippen LogP contribution in [-0.2, 0) is 22.2 Å². The second kappa shape index (κ2) is 9.85. The Balaban J connectivity index is 2.34. The Bertz CT molecular complexity index is 922. The molecule has 156 valence electrons. The molecule has 0 aromatic heterocycles. The number of hydrogen-bond donors (Lipinski definition) is 1. The van der Waals surface area contributed by atoms with E-state index in [9.17, 15) is 17.6 Å². The minimum absolute atomic E-state index is 0.0164. The van der Waals surface area contributed by atoms with Crippen molar-refractivity contribution < 1.29 is 51.5 Å². The van der Waals surface area contributed by atoms with Crippen molar-refractivity contribution in [3.63, 3.8) is 0 Å². The van der Waals surface area contributed by atoms with Crippen LogP contribution in [0.3, 0.4) is 0 Å². The molecule has 1 aromatic rings. The van der Waals surface area contributed by atoms with Gasteiger partial charge in [-0.1, -0.05) is 0 Å². The van der Waals surface area contributed by atoms with E-state index < -0.39 is 49.8 Å². The summed E-state index contributed by atoms with van der Waals surface area (Å²) in [7, 11) is -2.31. The minimum atomic E-state index is -3.60. The molecule has 8 nitrogen and oxygen atoms in total. The molecule has 0 bridgehead atoms. The topological polar surface area (TPSA) is 103 Å². The van der Waals surface area contributed by atoms with Crippen LogP contribution in [0.15, 0.2) is 28.9 Å². The Morgan fingerprint density at radius 1 is 1.46 bits per heavy atom. The average Bonchev–Trinajstić information content (AvgIpc) is 2.61. The number of carbonyl (C=O) groups excluding carboxylic acids is 1. The molecule has 2 rings (SSSR count). The fourth-order valence-electron chi connectivity index (χ4n) is 2.36. The Kier molecular flexibility index (Phi) is 8.04. The van der Waals surface area contributed by atoms with Crippen molar-refractivity contribution >= 4 is 33.4 Å². The van der Waals surface area contributed by atoms with Crippen LogP contribution in [0.25, 0.3) is 0 Å². The molecule has 0 radical (unpaired) electrons. The van der Waals surface area contributed by atoms with Gasteiger partial charge in [0.25, 0.3) is 0 Å². The normalized spacial score (nSPS) is 17.0. The molecule has 0 aliphatic carbocycles. The van der Waals surface area contributed by atoms with E-state index in [-0.39, 0.29) is 35.1 Å². The SMILES string of the molecule is CCOC(=O)C1=NC(c2ccc(Cl)c(OC)c2F)CC(N[I-]OS(C)(=O)=O)=C1. The molecule has 1 N–H and O–H groups in total. The Labute approximate surface area is 178 Å². The van der Waals surface area contributed by atoms with Crippen LogP contribution in [0, 0.1) is 5.82 Å². The average molecular weight is 548 g/mol. The molecule has 0 spiro atoms. The van der Waals surface area contributed by atoms with Gasteiger partial charge in [0.1, 0.15) is 0 Å². The van der Waals surface area contributed by atoms with Crippen molar-refractivity contribution in [2.75, 3.05) is 20.0 Å². The van der Waals surface area contributed by atoms with Crippen LogP contribution in [0.1, 0.15) is 24.9 Å². The van der Waals surface area contributed by atoms with Gasteiger partial charge >= 0.3 is 179 Å². The van der Waals surface area contributed by atoms with Gasteiger partial charge in [0.2, 0.25) is 0 Å². The van der Waals surface area contributed by atoms with E-state index in [4.69, 9.17) is 23.6 Å². The van der Waals surface area contributed by atoms with Crippen LogP contribution in [0.2, 0.25) is 5.02 Å². The molecule has 1 unspecified atom stereocenters. The molecule has 1 aliphatic heterocycles. The van der Waals surface area contributed by atoms with Gasteiger partial charge < -0.3 is 0 Å². The zero-order chi connectivity index (χ0) is 20.9. The first kappa shape index (κ1) is 22.8. The first-order chi connectivity index (χ1) is 13.2. The second-order valence-corrected chi connectivity index (χ2v) is 9.55. The molecule has 0 saturated heterocycles. The summed E-state index contributed by atoms with van der Waals surface area (Å²) >= 11 is 4.53. The summed E-state index contributed by atoms with van der Waals surface area (Å²) in [4.78, 5) is 16.4. The first-order valence-corrected chi connectivity index (χ1v) is 12.1. The number of halogens is 3. The summed E-state index contributed by atoms with van der Waals surface area (Å²) in [5, 5.41) is 0.107. The number of aliphatic imine (C=N–C) groups is 1. The molecule has 1 aliphatic rings. The van der Waals surface area contributed by atoms with Crippen LogP contribution in [0.4, 0.5) is 4.39 Å². The Morgan fingerprint density at radius 3 is 2.79 bits per heavy atom. The third-order valence-electron chi connectivity index (χ3n) is 3.45. The van der Waals surface area contributed by atoms with Gasteiger partial charge in [-0.05, 0) is 0 Å². The molecular formula is C16H18ClFIN2O6S-. The van der Waals surface area contributed by atoms with Crippen LogP contribution in [-0.4, -0.2) is 40.1 Å². The van der Waals surface area contributed by atoms with Crippen molar-refractivity contribution in [3.05, 3.63) is 40.3 Å². The number of methoxy groups -OCH3 is 1. The van der Waals surface area contributed by atoms with E-state index in [0.29, 0.717) is 5.70 Å². The summed E-state index contributed by atoms with van der Waals surface area (Å²) in [5.41, 5.74) is 0.641. The van der Waals surface area contributed by atoms with Gasteiger partial charge in [-0.2, -0.15) is 0 Å². The van der Waals surface area contributed by atoms with Gasteiger partial charge in [-0.3, -0.25) is 0 Å². The van der Waals surface area contributed by atoms with E-state index in [0.717, 1.165) is 6.26 Å². The van der Waals surface area contributed by atoms with Gasteiger partial charge in [-0.25, -0.2) is 0 Å². The molecular weight excluding hydrogens is 530 g/mol. The van der Waals surface area contributed by atoms with Crippen LogP contribution >= 0.6 is 11.6 Å². The molecule has 0 fully saturated rings. The second-order valence-electron chi connectivity index (χ2n) is 5.55. The van der Waals surface area contributed by atoms with Crippen LogP contribution in [0.5, 0.6) is 5.75 Å². The van der Waals surface area contributed by atoms with E-state index in [1.54, 1.807) is 6.92 Å². The number of esters is 1. The van der Waals surface area contributed by atoms with Crippen molar-refractivity contribution in [3.8, 4) is 5.75 Å².